The van der Waals surface area contributed by atoms with Gasteiger partial charge in [0.25, 0.3) is 0 Å². The highest BCUT2D eigenvalue weighted by atomic mass is 16.7. The van der Waals surface area contributed by atoms with Crippen molar-refractivity contribution in [2.24, 2.45) is 0 Å². The maximum atomic E-state index is 6.14. The lowest BCUT2D eigenvalue weighted by molar-refractivity contribution is -0.155. The average molecular weight is 294 g/mol. The highest BCUT2D eigenvalue weighted by Crippen LogP contribution is 2.32. The third-order valence-corrected chi connectivity index (χ3v) is 3.72. The molecule has 0 radical (unpaired) electrons. The summed E-state index contributed by atoms with van der Waals surface area (Å²) >= 11 is 0. The summed E-state index contributed by atoms with van der Waals surface area (Å²) in [6.07, 6.45) is 0.979. The summed E-state index contributed by atoms with van der Waals surface area (Å²) in [5.41, 5.74) is 0. The molecule has 0 aliphatic rings. The van der Waals surface area contributed by atoms with Gasteiger partial charge < -0.3 is 9.47 Å². The largest absolute Gasteiger partial charge is 0.462 e. The molecule has 0 saturated heterocycles. The zero-order chi connectivity index (χ0) is 15.6. The summed E-state index contributed by atoms with van der Waals surface area (Å²) in [7, 11) is 0. The highest BCUT2D eigenvalue weighted by molar-refractivity contribution is 6.00. The number of hydrogen-bond acceptors (Lipinski definition) is 2. The van der Waals surface area contributed by atoms with Gasteiger partial charge in [0.05, 0.1) is 6.61 Å². The van der Waals surface area contributed by atoms with Gasteiger partial charge in [-0.15, -0.1) is 0 Å². The second-order valence-electron chi connectivity index (χ2n) is 6.03. The van der Waals surface area contributed by atoms with Crippen LogP contribution in [-0.2, 0) is 4.74 Å². The molecule has 0 bridgehead atoms. The molecule has 0 saturated carbocycles. The molecule has 0 N–H and O–H groups in total. The lowest BCUT2D eigenvalue weighted by Crippen LogP contribution is -2.32. The van der Waals surface area contributed by atoms with Gasteiger partial charge in [0.15, 0.2) is 0 Å². The van der Waals surface area contributed by atoms with E-state index in [1.807, 2.05) is 26.0 Å². The first-order chi connectivity index (χ1) is 10.6. The third-order valence-electron chi connectivity index (χ3n) is 3.72. The molecule has 0 atom stereocenters. The fraction of sp³-hybridized carbons (Fsp3) is 0.300. The van der Waals surface area contributed by atoms with Crippen molar-refractivity contribution in [2.75, 3.05) is 6.61 Å². The van der Waals surface area contributed by atoms with E-state index < -0.39 is 5.79 Å². The SMILES string of the molecule is CCCOC(C)(C)Oc1cccc2cc3ccccc3cc12. The second kappa shape index (κ2) is 5.98. The average Bonchev–Trinajstić information content (AvgIpc) is 2.51. The van der Waals surface area contributed by atoms with E-state index in [0.717, 1.165) is 17.6 Å². The minimum atomic E-state index is -0.629. The van der Waals surface area contributed by atoms with Gasteiger partial charge in [-0.05, 0) is 40.8 Å². The number of fused-ring (bicyclic) bond motifs is 2. The second-order valence-corrected chi connectivity index (χ2v) is 6.03. The van der Waals surface area contributed by atoms with Crippen molar-refractivity contribution in [1.29, 1.82) is 0 Å². The van der Waals surface area contributed by atoms with Gasteiger partial charge in [0.2, 0.25) is 5.79 Å². The minimum absolute atomic E-state index is 0.629. The van der Waals surface area contributed by atoms with Crippen molar-refractivity contribution in [2.45, 2.75) is 33.0 Å². The molecule has 0 aliphatic heterocycles. The van der Waals surface area contributed by atoms with Crippen LogP contribution >= 0.6 is 0 Å². The molecule has 3 aromatic carbocycles. The lowest BCUT2D eigenvalue weighted by atomic mass is 10.0. The van der Waals surface area contributed by atoms with Gasteiger partial charge in [-0.25, -0.2) is 0 Å². The van der Waals surface area contributed by atoms with Gasteiger partial charge in [0, 0.05) is 19.2 Å². The van der Waals surface area contributed by atoms with Crippen molar-refractivity contribution in [3.63, 3.8) is 0 Å². The Balaban J connectivity index is 2.04. The van der Waals surface area contributed by atoms with Gasteiger partial charge in [0.1, 0.15) is 5.75 Å². The Hall–Kier alpha value is -2.06. The van der Waals surface area contributed by atoms with Crippen LogP contribution in [0.1, 0.15) is 27.2 Å². The first kappa shape index (κ1) is 14.9. The van der Waals surface area contributed by atoms with Crippen LogP contribution in [0.4, 0.5) is 0 Å². The first-order valence-electron chi connectivity index (χ1n) is 7.83. The summed E-state index contributed by atoms with van der Waals surface area (Å²) in [5.74, 6) is 0.236. The fourth-order valence-corrected chi connectivity index (χ4v) is 2.67. The topological polar surface area (TPSA) is 18.5 Å². The molecule has 3 rings (SSSR count). The maximum Gasteiger partial charge on any atom is 0.204 e. The van der Waals surface area contributed by atoms with Gasteiger partial charge in [-0.1, -0.05) is 43.3 Å². The molecular formula is C20H22O2. The Morgan fingerprint density at radius 1 is 0.864 bits per heavy atom. The Morgan fingerprint density at radius 2 is 1.55 bits per heavy atom. The van der Waals surface area contributed by atoms with E-state index in [4.69, 9.17) is 9.47 Å². The predicted molar refractivity (Wildman–Crippen MR) is 92.4 cm³/mol. The Bertz CT molecular complexity index is 790. The van der Waals surface area contributed by atoms with Gasteiger partial charge in [-0.3, -0.25) is 0 Å². The minimum Gasteiger partial charge on any atom is -0.462 e. The molecule has 0 amide bonds. The van der Waals surface area contributed by atoms with E-state index in [-0.39, 0.29) is 0 Å². The molecule has 0 aliphatic carbocycles. The standard InChI is InChI=1S/C20H22O2/c1-4-12-21-20(2,3)22-19-11-7-10-17-13-15-8-5-6-9-16(15)14-18(17)19/h5-11,13-14H,4,12H2,1-3H3. The van der Waals surface area contributed by atoms with Crippen molar-refractivity contribution < 1.29 is 9.47 Å². The number of rotatable bonds is 5. The van der Waals surface area contributed by atoms with Crippen molar-refractivity contribution >= 4 is 21.5 Å². The summed E-state index contributed by atoms with van der Waals surface area (Å²) in [6.45, 7) is 6.71. The van der Waals surface area contributed by atoms with Crippen molar-refractivity contribution in [3.05, 3.63) is 54.6 Å². The first-order valence-corrected chi connectivity index (χ1v) is 7.83. The number of benzene rings is 3. The molecule has 2 nitrogen and oxygen atoms in total. The van der Waals surface area contributed by atoms with Gasteiger partial charge in [-0.2, -0.15) is 0 Å². The molecule has 114 valence electrons. The summed E-state index contributed by atoms with van der Waals surface area (Å²) < 4.78 is 11.9. The molecule has 0 aromatic heterocycles. The van der Waals surface area contributed by atoms with Crippen LogP contribution in [-0.4, -0.2) is 12.4 Å². The van der Waals surface area contributed by atoms with Crippen LogP contribution in [0, 0.1) is 0 Å². The zero-order valence-electron chi connectivity index (χ0n) is 13.4. The van der Waals surface area contributed by atoms with Gasteiger partial charge >= 0.3 is 0 Å². The normalized spacial score (nSPS) is 12.0. The molecule has 2 heteroatoms. The van der Waals surface area contributed by atoms with E-state index in [1.165, 1.54) is 16.2 Å². The summed E-state index contributed by atoms with van der Waals surface area (Å²) in [5, 5.41) is 4.77. The van der Waals surface area contributed by atoms with Crippen LogP contribution in [0.25, 0.3) is 21.5 Å². The molecular weight excluding hydrogens is 272 g/mol. The van der Waals surface area contributed by atoms with Crippen molar-refractivity contribution in [3.8, 4) is 5.75 Å². The van der Waals surface area contributed by atoms with Crippen LogP contribution in [0.3, 0.4) is 0 Å². The predicted octanol–water partition coefficient (Wildman–Crippen LogP) is 5.53. The number of ether oxygens (including phenoxy) is 2. The van der Waals surface area contributed by atoms with E-state index in [9.17, 15) is 0 Å². The molecule has 0 spiro atoms. The highest BCUT2D eigenvalue weighted by Gasteiger charge is 2.21. The van der Waals surface area contributed by atoms with E-state index in [0.29, 0.717) is 6.61 Å². The monoisotopic (exact) mass is 294 g/mol. The van der Waals surface area contributed by atoms with Crippen LogP contribution < -0.4 is 4.74 Å². The molecule has 3 aromatic rings. The lowest BCUT2D eigenvalue weighted by Gasteiger charge is -2.27. The Morgan fingerprint density at radius 3 is 2.27 bits per heavy atom. The Kier molecular flexibility index (Phi) is 4.04. The third kappa shape index (κ3) is 3.07. The van der Waals surface area contributed by atoms with Crippen molar-refractivity contribution in [1.82, 2.24) is 0 Å². The summed E-state index contributed by atoms with van der Waals surface area (Å²) in [4.78, 5) is 0. The number of hydrogen-bond donors (Lipinski definition) is 0. The molecule has 0 fully saturated rings. The van der Waals surface area contributed by atoms with E-state index >= 15 is 0 Å². The van der Waals surface area contributed by atoms with E-state index in [2.05, 4.69) is 49.4 Å². The molecule has 0 unspecified atom stereocenters. The molecule has 22 heavy (non-hydrogen) atoms. The fourth-order valence-electron chi connectivity index (χ4n) is 2.67. The summed E-state index contributed by atoms with van der Waals surface area (Å²) in [6, 6.07) is 18.9. The maximum absolute atomic E-state index is 6.14. The van der Waals surface area contributed by atoms with Crippen LogP contribution in [0.15, 0.2) is 54.6 Å². The zero-order valence-corrected chi connectivity index (χ0v) is 13.4. The smallest absolute Gasteiger partial charge is 0.204 e. The quantitative estimate of drug-likeness (QED) is 0.454. The van der Waals surface area contributed by atoms with Crippen LogP contribution in [0.2, 0.25) is 0 Å². The van der Waals surface area contributed by atoms with E-state index in [1.54, 1.807) is 0 Å². The Labute approximate surface area is 131 Å². The van der Waals surface area contributed by atoms with Crippen LogP contribution in [0.5, 0.6) is 5.75 Å². The molecule has 0 heterocycles.